The quantitative estimate of drug-likeness (QED) is 0.784. The summed E-state index contributed by atoms with van der Waals surface area (Å²) >= 11 is 12.5. The Morgan fingerprint density at radius 1 is 1.05 bits per heavy atom. The number of hydrogen-bond acceptors (Lipinski definition) is 2. The zero-order valence-electron chi connectivity index (χ0n) is 10.0. The molecule has 0 bridgehead atoms. The summed E-state index contributed by atoms with van der Waals surface area (Å²) in [7, 11) is 0. The van der Waals surface area contributed by atoms with Gasteiger partial charge in [-0.3, -0.25) is 0 Å². The van der Waals surface area contributed by atoms with Gasteiger partial charge in [0.1, 0.15) is 5.75 Å². The summed E-state index contributed by atoms with van der Waals surface area (Å²) < 4.78 is 0. The summed E-state index contributed by atoms with van der Waals surface area (Å²) in [5, 5.41) is 19.5. The van der Waals surface area contributed by atoms with Gasteiger partial charge in [0.05, 0.1) is 15.8 Å². The number of aliphatic hydroxyl groups is 1. The minimum atomic E-state index is 0.0597. The molecule has 4 heteroatoms. The maximum absolute atomic E-state index is 9.28. The lowest BCUT2D eigenvalue weighted by atomic mass is 10.0. The van der Waals surface area contributed by atoms with Crippen molar-refractivity contribution in [1.82, 2.24) is 0 Å². The number of aliphatic hydroxyl groups excluding tert-OH is 1. The first-order valence-electron chi connectivity index (χ1n) is 5.61. The van der Waals surface area contributed by atoms with Crippen molar-refractivity contribution in [3.05, 3.63) is 64.3 Å². The second-order valence-electron chi connectivity index (χ2n) is 4.22. The third-order valence-corrected chi connectivity index (χ3v) is 3.26. The normalized spacial score (nSPS) is 10.4. The topological polar surface area (TPSA) is 40.5 Å². The van der Waals surface area contributed by atoms with Crippen molar-refractivity contribution in [2.24, 2.45) is 0 Å². The maximum Gasteiger partial charge on any atom is 0.115 e. The Balaban J connectivity index is 2.47. The molecule has 0 radical (unpaired) electrons. The first-order valence-corrected chi connectivity index (χ1v) is 6.37. The molecule has 0 saturated heterocycles. The van der Waals surface area contributed by atoms with Crippen LogP contribution >= 0.6 is 23.2 Å². The van der Waals surface area contributed by atoms with Gasteiger partial charge in [-0.15, -0.1) is 0 Å². The predicted octanol–water partition coefficient (Wildman–Crippen LogP) is 4.98. The van der Waals surface area contributed by atoms with Crippen LogP contribution in [0.4, 0.5) is 0 Å². The molecule has 0 heterocycles. The lowest BCUT2D eigenvalue weighted by Gasteiger charge is -2.10. The number of hydrogen-bond donors (Lipinski definition) is 2. The van der Waals surface area contributed by atoms with E-state index in [0.717, 1.165) is 11.1 Å². The average Bonchev–Trinajstić information content (AvgIpc) is 2.29. The predicted molar refractivity (Wildman–Crippen MR) is 79.0 cm³/mol. The maximum atomic E-state index is 9.28. The van der Waals surface area contributed by atoms with Crippen molar-refractivity contribution in [3.63, 3.8) is 0 Å². The van der Waals surface area contributed by atoms with Crippen molar-refractivity contribution < 1.29 is 10.2 Å². The van der Waals surface area contributed by atoms with Crippen LogP contribution in [0.3, 0.4) is 0 Å². The number of allylic oxidation sites excluding steroid dienone is 1. The van der Waals surface area contributed by atoms with Crippen molar-refractivity contribution in [3.8, 4) is 16.9 Å². The van der Waals surface area contributed by atoms with E-state index in [4.69, 9.17) is 23.2 Å². The molecule has 2 N–H and O–H groups in total. The molecule has 0 aliphatic rings. The van der Waals surface area contributed by atoms with E-state index in [9.17, 15) is 10.2 Å². The van der Waals surface area contributed by atoms with E-state index in [1.54, 1.807) is 36.4 Å². The first kappa shape index (κ1) is 13.8. The highest BCUT2D eigenvalue weighted by Crippen LogP contribution is 2.36. The Hall–Kier alpha value is -1.64. The highest BCUT2D eigenvalue weighted by Gasteiger charge is 2.11. The van der Waals surface area contributed by atoms with E-state index < -0.39 is 0 Å². The summed E-state index contributed by atoms with van der Waals surface area (Å²) in [5.41, 5.74) is 2.32. The van der Waals surface area contributed by atoms with Gasteiger partial charge in [-0.1, -0.05) is 41.9 Å². The summed E-state index contributed by atoms with van der Waals surface area (Å²) in [6.45, 7) is 3.44. The molecule has 98 valence electrons. The van der Waals surface area contributed by atoms with Gasteiger partial charge in [0.25, 0.3) is 0 Å². The zero-order valence-corrected chi connectivity index (χ0v) is 11.5. The summed E-state index contributed by atoms with van der Waals surface area (Å²) in [4.78, 5) is 0. The summed E-state index contributed by atoms with van der Waals surface area (Å²) in [5.74, 6) is 0.244. The lowest BCUT2D eigenvalue weighted by Crippen LogP contribution is -1.90. The molecule has 2 aromatic rings. The summed E-state index contributed by atoms with van der Waals surface area (Å²) in [6.07, 6.45) is 0.315. The number of benzene rings is 2. The van der Waals surface area contributed by atoms with Crippen LogP contribution in [0.1, 0.15) is 5.56 Å². The molecule has 0 saturated carbocycles. The molecule has 0 aliphatic heterocycles. The van der Waals surface area contributed by atoms with Gasteiger partial charge < -0.3 is 10.2 Å². The van der Waals surface area contributed by atoms with Crippen molar-refractivity contribution in [2.75, 3.05) is 0 Å². The van der Waals surface area contributed by atoms with Crippen molar-refractivity contribution in [1.29, 1.82) is 0 Å². The fourth-order valence-corrected chi connectivity index (χ4v) is 2.62. The third-order valence-electron chi connectivity index (χ3n) is 2.67. The van der Waals surface area contributed by atoms with E-state index in [2.05, 4.69) is 6.58 Å². The Bertz CT molecular complexity index is 596. The highest BCUT2D eigenvalue weighted by atomic mass is 35.5. The standard InChI is InChI=1S/C15H12Cl2O2/c1-9(18)6-10-7-13(16)15(14(17)8-10)11-2-4-12(19)5-3-11/h2-5,7-8,18-19H,1,6H2. The lowest BCUT2D eigenvalue weighted by molar-refractivity contribution is 0.401. The molecule has 0 spiro atoms. The van der Waals surface area contributed by atoms with Gasteiger partial charge in [-0.05, 0) is 35.4 Å². The van der Waals surface area contributed by atoms with Crippen LogP contribution in [-0.4, -0.2) is 10.2 Å². The summed E-state index contributed by atoms with van der Waals surface area (Å²) in [6, 6.07) is 10.1. The Labute approximate surface area is 121 Å². The van der Waals surface area contributed by atoms with Crippen LogP contribution in [0.25, 0.3) is 11.1 Å². The molecule has 0 aliphatic carbocycles. The zero-order chi connectivity index (χ0) is 14.0. The van der Waals surface area contributed by atoms with Crippen molar-refractivity contribution >= 4 is 23.2 Å². The Morgan fingerprint density at radius 2 is 1.58 bits per heavy atom. The molecule has 0 atom stereocenters. The highest BCUT2D eigenvalue weighted by molar-refractivity contribution is 6.39. The number of phenolic OH excluding ortho intramolecular Hbond substituents is 1. The van der Waals surface area contributed by atoms with Gasteiger partial charge in [0.15, 0.2) is 0 Å². The molecule has 0 amide bonds. The molecule has 19 heavy (non-hydrogen) atoms. The number of aromatic hydroxyl groups is 1. The second-order valence-corrected chi connectivity index (χ2v) is 5.04. The number of halogens is 2. The number of rotatable bonds is 3. The van der Waals surface area contributed by atoms with Gasteiger partial charge >= 0.3 is 0 Å². The third kappa shape index (κ3) is 3.22. The van der Waals surface area contributed by atoms with E-state index in [-0.39, 0.29) is 11.5 Å². The smallest absolute Gasteiger partial charge is 0.115 e. The minimum Gasteiger partial charge on any atom is -0.513 e. The van der Waals surface area contributed by atoms with Crippen LogP contribution in [-0.2, 0) is 6.42 Å². The van der Waals surface area contributed by atoms with E-state index >= 15 is 0 Å². The molecular weight excluding hydrogens is 283 g/mol. The average molecular weight is 295 g/mol. The monoisotopic (exact) mass is 294 g/mol. The second kappa shape index (κ2) is 5.55. The van der Waals surface area contributed by atoms with Crippen LogP contribution in [0.2, 0.25) is 10.0 Å². The van der Waals surface area contributed by atoms with Gasteiger partial charge in [-0.25, -0.2) is 0 Å². The van der Waals surface area contributed by atoms with Gasteiger partial charge in [-0.2, -0.15) is 0 Å². The number of phenols is 1. The molecule has 0 aromatic heterocycles. The van der Waals surface area contributed by atoms with E-state index in [1.165, 1.54) is 0 Å². The van der Waals surface area contributed by atoms with Gasteiger partial charge in [0, 0.05) is 12.0 Å². The Kier molecular flexibility index (Phi) is 4.03. The SMILES string of the molecule is C=C(O)Cc1cc(Cl)c(-c2ccc(O)cc2)c(Cl)c1. The van der Waals surface area contributed by atoms with Crippen LogP contribution in [0.15, 0.2) is 48.7 Å². The minimum absolute atomic E-state index is 0.0597. The fourth-order valence-electron chi connectivity index (χ4n) is 1.87. The molecule has 0 unspecified atom stereocenters. The first-order chi connectivity index (χ1) is 8.97. The molecule has 0 fully saturated rings. The molecule has 2 aromatic carbocycles. The van der Waals surface area contributed by atoms with Gasteiger partial charge in [0.2, 0.25) is 0 Å². The molecule has 2 nitrogen and oxygen atoms in total. The van der Waals surface area contributed by atoms with Crippen LogP contribution < -0.4 is 0 Å². The fraction of sp³-hybridized carbons (Fsp3) is 0.0667. The van der Waals surface area contributed by atoms with E-state index in [1.807, 2.05) is 0 Å². The molecular formula is C15H12Cl2O2. The van der Waals surface area contributed by atoms with E-state index in [0.29, 0.717) is 22.0 Å². The van der Waals surface area contributed by atoms with Crippen LogP contribution in [0.5, 0.6) is 5.75 Å². The largest absolute Gasteiger partial charge is 0.513 e. The molecule has 2 rings (SSSR count). The Morgan fingerprint density at radius 3 is 2.05 bits per heavy atom. The van der Waals surface area contributed by atoms with Crippen molar-refractivity contribution in [2.45, 2.75) is 6.42 Å². The van der Waals surface area contributed by atoms with Crippen LogP contribution in [0, 0.1) is 0 Å².